The molecule has 160 valence electrons. The Morgan fingerprint density at radius 3 is 2.61 bits per heavy atom. The number of para-hydroxylation sites is 1. The molecule has 0 fully saturated rings. The van der Waals surface area contributed by atoms with Crippen LogP contribution in [-0.2, 0) is 11.2 Å². The smallest absolute Gasteiger partial charge is 0.318 e. The van der Waals surface area contributed by atoms with Crippen LogP contribution >= 0.6 is 11.8 Å². The van der Waals surface area contributed by atoms with Gasteiger partial charge < -0.3 is 4.57 Å². The number of nitrogens with zero attached hydrogens (tertiary/aromatic N) is 4. The van der Waals surface area contributed by atoms with Crippen molar-refractivity contribution in [3.8, 4) is 5.69 Å². The molecule has 0 radical (unpaired) electrons. The van der Waals surface area contributed by atoms with Crippen molar-refractivity contribution in [1.29, 1.82) is 5.41 Å². The SMILES string of the molecule is CCc1ccccc1-n1c(C)cc(/C=C2\C(=N)N3N=C(C(F)(F)F)SC3=NC2=O)c1C. The summed E-state index contributed by atoms with van der Waals surface area (Å²) in [7, 11) is 0. The molecule has 4 rings (SSSR count). The summed E-state index contributed by atoms with van der Waals surface area (Å²) in [5, 5.41) is 11.0. The Kier molecular flexibility index (Phi) is 5.12. The van der Waals surface area contributed by atoms with Crippen LogP contribution in [0.1, 0.15) is 29.4 Å². The van der Waals surface area contributed by atoms with Crippen molar-refractivity contribution in [2.75, 3.05) is 0 Å². The monoisotopic (exact) mass is 445 g/mol. The highest BCUT2D eigenvalue weighted by Gasteiger charge is 2.46. The lowest BCUT2D eigenvalue weighted by atomic mass is 10.1. The number of halogens is 3. The van der Waals surface area contributed by atoms with Crippen molar-refractivity contribution >= 4 is 39.8 Å². The lowest BCUT2D eigenvalue weighted by molar-refractivity contribution is -0.114. The molecule has 31 heavy (non-hydrogen) atoms. The van der Waals surface area contributed by atoms with Gasteiger partial charge in [-0.15, -0.1) is 0 Å². The van der Waals surface area contributed by atoms with Crippen LogP contribution in [0.2, 0.25) is 0 Å². The van der Waals surface area contributed by atoms with Gasteiger partial charge in [0.25, 0.3) is 5.91 Å². The molecule has 0 bridgehead atoms. The molecule has 0 atom stereocenters. The fraction of sp³-hybridized carbons (Fsp3) is 0.238. The van der Waals surface area contributed by atoms with Crippen LogP contribution in [0.3, 0.4) is 0 Å². The zero-order chi connectivity index (χ0) is 22.5. The van der Waals surface area contributed by atoms with E-state index in [1.165, 1.54) is 6.08 Å². The molecule has 2 aliphatic heterocycles. The largest absolute Gasteiger partial charge is 0.441 e. The van der Waals surface area contributed by atoms with Crippen LogP contribution < -0.4 is 0 Å². The third-order valence-electron chi connectivity index (χ3n) is 5.08. The summed E-state index contributed by atoms with van der Waals surface area (Å²) >= 11 is 0.236. The Balaban J connectivity index is 1.76. The topological polar surface area (TPSA) is 73.8 Å². The van der Waals surface area contributed by atoms with Gasteiger partial charge in [-0.05, 0) is 61.4 Å². The van der Waals surface area contributed by atoms with Crippen LogP contribution in [0.5, 0.6) is 0 Å². The molecule has 2 aliphatic rings. The molecule has 10 heteroatoms. The average Bonchev–Trinajstić information content (AvgIpc) is 3.26. The number of aromatic nitrogens is 1. The van der Waals surface area contributed by atoms with E-state index >= 15 is 0 Å². The minimum atomic E-state index is -4.67. The minimum Gasteiger partial charge on any atom is -0.318 e. The van der Waals surface area contributed by atoms with Crippen molar-refractivity contribution in [3.63, 3.8) is 0 Å². The Hall–Kier alpha value is -3.14. The van der Waals surface area contributed by atoms with Crippen molar-refractivity contribution in [1.82, 2.24) is 9.58 Å². The first-order valence-corrected chi connectivity index (χ1v) is 10.3. The predicted octanol–water partition coefficient (Wildman–Crippen LogP) is 4.84. The number of hydrogen-bond donors (Lipinski definition) is 1. The zero-order valence-electron chi connectivity index (χ0n) is 16.9. The first kappa shape index (κ1) is 21.1. The number of amidine groups is 2. The van der Waals surface area contributed by atoms with Gasteiger partial charge in [-0.25, -0.2) is 0 Å². The zero-order valence-corrected chi connectivity index (χ0v) is 17.7. The Morgan fingerprint density at radius 1 is 1.23 bits per heavy atom. The second-order valence-corrected chi connectivity index (χ2v) is 8.02. The highest BCUT2D eigenvalue weighted by Crippen LogP contribution is 2.35. The van der Waals surface area contributed by atoms with Crippen LogP contribution in [0.4, 0.5) is 13.2 Å². The number of rotatable bonds is 3. The van der Waals surface area contributed by atoms with Crippen LogP contribution in [0, 0.1) is 19.3 Å². The molecular weight excluding hydrogens is 427 g/mol. The fourth-order valence-electron chi connectivity index (χ4n) is 3.59. The number of fused-ring (bicyclic) bond motifs is 1. The van der Waals surface area contributed by atoms with E-state index in [4.69, 9.17) is 5.41 Å². The highest BCUT2D eigenvalue weighted by atomic mass is 32.2. The molecule has 3 heterocycles. The summed E-state index contributed by atoms with van der Waals surface area (Å²) in [4.78, 5) is 16.2. The van der Waals surface area contributed by atoms with Gasteiger partial charge in [0.05, 0.1) is 5.57 Å². The number of nitrogens with one attached hydrogen (secondary N) is 1. The van der Waals surface area contributed by atoms with E-state index in [2.05, 4.69) is 21.6 Å². The van der Waals surface area contributed by atoms with E-state index < -0.39 is 23.0 Å². The lowest BCUT2D eigenvalue weighted by Crippen LogP contribution is -2.35. The molecule has 0 unspecified atom stereocenters. The number of aliphatic imine (C=N–C) groups is 1. The van der Waals surface area contributed by atoms with E-state index in [0.717, 1.165) is 34.1 Å². The maximum Gasteiger partial charge on any atom is 0.441 e. The summed E-state index contributed by atoms with van der Waals surface area (Å²) < 4.78 is 41.0. The number of carbonyl (C=O) groups excluding carboxylic acids is 1. The van der Waals surface area contributed by atoms with Crippen molar-refractivity contribution in [2.45, 2.75) is 33.4 Å². The van der Waals surface area contributed by atoms with Gasteiger partial charge in [-0.2, -0.15) is 28.3 Å². The van der Waals surface area contributed by atoms with Gasteiger partial charge in [-0.1, -0.05) is 25.1 Å². The second-order valence-electron chi connectivity index (χ2n) is 7.07. The van der Waals surface area contributed by atoms with Crippen molar-refractivity contribution in [3.05, 3.63) is 58.4 Å². The van der Waals surface area contributed by atoms with E-state index in [1.54, 1.807) is 0 Å². The molecule has 0 saturated carbocycles. The summed E-state index contributed by atoms with van der Waals surface area (Å²) in [5.74, 6) is -1.19. The van der Waals surface area contributed by atoms with E-state index in [9.17, 15) is 18.0 Å². The number of benzene rings is 1. The first-order valence-electron chi connectivity index (χ1n) is 9.46. The van der Waals surface area contributed by atoms with E-state index in [-0.39, 0.29) is 22.5 Å². The molecule has 1 aromatic heterocycles. The Morgan fingerprint density at radius 2 is 1.94 bits per heavy atom. The van der Waals surface area contributed by atoms with Gasteiger partial charge in [-0.3, -0.25) is 10.2 Å². The maximum atomic E-state index is 13.0. The first-order chi connectivity index (χ1) is 14.6. The summed E-state index contributed by atoms with van der Waals surface area (Å²) in [6.45, 7) is 5.89. The Bertz CT molecular complexity index is 1210. The van der Waals surface area contributed by atoms with Crippen LogP contribution in [0.25, 0.3) is 11.8 Å². The number of amides is 1. The number of hydrogen-bond acceptors (Lipinski definition) is 4. The van der Waals surface area contributed by atoms with E-state index in [0.29, 0.717) is 5.56 Å². The normalized spacial score (nSPS) is 17.9. The number of thioether (sulfide) groups is 1. The predicted molar refractivity (Wildman–Crippen MR) is 116 cm³/mol. The maximum absolute atomic E-state index is 13.0. The molecule has 0 saturated heterocycles. The third kappa shape index (κ3) is 3.60. The van der Waals surface area contributed by atoms with Crippen molar-refractivity contribution in [2.24, 2.45) is 10.1 Å². The van der Waals surface area contributed by atoms with Crippen molar-refractivity contribution < 1.29 is 18.0 Å². The molecule has 1 aromatic carbocycles. The van der Waals surface area contributed by atoms with Gasteiger partial charge in [0.15, 0.2) is 5.84 Å². The number of alkyl halides is 3. The summed E-state index contributed by atoms with van der Waals surface area (Å²) in [5.41, 5.74) is 4.52. The van der Waals surface area contributed by atoms with Gasteiger partial charge in [0.2, 0.25) is 10.2 Å². The third-order valence-corrected chi connectivity index (χ3v) is 6.03. The Labute approximate surface area is 180 Å². The molecule has 0 spiro atoms. The fourth-order valence-corrected chi connectivity index (χ4v) is 4.35. The molecule has 1 N–H and O–H groups in total. The minimum absolute atomic E-state index is 0.111. The number of hydrazone groups is 1. The molecular formula is C21H18F3N5OS. The standard InChI is InChI=1S/C21H18F3N5OS/c1-4-13-7-5-6-8-16(13)28-11(2)9-14(12(28)3)10-15-17(25)29-20(26-18(15)30)31-19(27-29)21(22,23)24/h5-10,25H,4H2,1-3H3/b15-10+,25-17?. The molecule has 1 amide bonds. The quantitative estimate of drug-likeness (QED) is 0.688. The van der Waals surface area contributed by atoms with E-state index in [1.807, 2.05) is 44.2 Å². The van der Waals surface area contributed by atoms with Gasteiger partial charge in [0.1, 0.15) is 0 Å². The average molecular weight is 445 g/mol. The summed E-state index contributed by atoms with van der Waals surface area (Å²) in [6, 6.07) is 9.85. The van der Waals surface area contributed by atoms with Gasteiger partial charge >= 0.3 is 6.18 Å². The molecule has 0 aliphatic carbocycles. The van der Waals surface area contributed by atoms with Crippen LogP contribution in [0.15, 0.2) is 46.0 Å². The molecule has 2 aromatic rings. The molecule has 6 nitrogen and oxygen atoms in total. The number of aryl methyl sites for hydroxylation is 2. The highest BCUT2D eigenvalue weighted by molar-refractivity contribution is 8.27. The van der Waals surface area contributed by atoms with Crippen LogP contribution in [-0.4, -0.2) is 37.7 Å². The van der Waals surface area contributed by atoms with Gasteiger partial charge in [0, 0.05) is 17.1 Å². The second kappa shape index (κ2) is 7.52. The summed E-state index contributed by atoms with van der Waals surface area (Å²) in [6.07, 6.45) is -2.34. The lowest BCUT2D eigenvalue weighted by Gasteiger charge is -2.20. The number of carbonyl (C=O) groups is 1.